The fraction of sp³-hybridized carbons (Fsp3) is 0.967. The number of esters is 1. The lowest BCUT2D eigenvalue weighted by Crippen LogP contribution is -2.21. The molecule has 204 valence electrons. The summed E-state index contributed by atoms with van der Waals surface area (Å²) in [7, 11) is 0. The summed E-state index contributed by atoms with van der Waals surface area (Å²) in [5, 5.41) is 17.8. The van der Waals surface area contributed by atoms with Crippen molar-refractivity contribution in [2.45, 2.75) is 174 Å². The largest absolute Gasteiger partial charge is 0.463 e. The van der Waals surface area contributed by atoms with Crippen molar-refractivity contribution in [3.05, 3.63) is 0 Å². The summed E-state index contributed by atoms with van der Waals surface area (Å²) in [5.74, 6) is -0.272. The van der Waals surface area contributed by atoms with E-state index in [4.69, 9.17) is 14.9 Å². The lowest BCUT2D eigenvalue weighted by molar-refractivity contribution is -0.147. The first-order chi connectivity index (χ1) is 16.7. The molecule has 0 radical (unpaired) electrons. The van der Waals surface area contributed by atoms with Crippen molar-refractivity contribution < 1.29 is 19.7 Å². The molecule has 0 spiro atoms. The number of rotatable bonds is 28. The summed E-state index contributed by atoms with van der Waals surface area (Å²) >= 11 is 0. The van der Waals surface area contributed by atoms with E-state index in [1.54, 1.807) is 0 Å². The van der Waals surface area contributed by atoms with Crippen molar-refractivity contribution in [1.29, 1.82) is 0 Å². The van der Waals surface area contributed by atoms with Gasteiger partial charge in [0.05, 0.1) is 6.61 Å². The van der Waals surface area contributed by atoms with Crippen LogP contribution in [0.5, 0.6) is 0 Å². The Kier molecular flexibility index (Phi) is 28.1. The molecule has 4 nitrogen and oxygen atoms in total. The van der Waals surface area contributed by atoms with Gasteiger partial charge in [-0.2, -0.15) is 0 Å². The maximum absolute atomic E-state index is 11.5. The molecule has 0 aliphatic rings. The smallest absolute Gasteiger partial charge is 0.305 e. The van der Waals surface area contributed by atoms with Crippen LogP contribution in [0.2, 0.25) is 0 Å². The van der Waals surface area contributed by atoms with Crippen LogP contribution < -0.4 is 0 Å². The average molecular weight is 485 g/mol. The van der Waals surface area contributed by atoms with Crippen molar-refractivity contribution in [2.24, 2.45) is 0 Å². The van der Waals surface area contributed by atoms with Gasteiger partial charge in [0.1, 0.15) is 12.7 Å². The molecular formula is C30H60O4. The van der Waals surface area contributed by atoms with Crippen LogP contribution in [0.4, 0.5) is 0 Å². The molecule has 2 N–H and O–H groups in total. The first-order valence-electron chi connectivity index (χ1n) is 15.1. The minimum atomic E-state index is -0.955. The molecule has 34 heavy (non-hydrogen) atoms. The van der Waals surface area contributed by atoms with E-state index in [0.717, 1.165) is 12.8 Å². The van der Waals surface area contributed by atoms with Gasteiger partial charge in [0, 0.05) is 6.42 Å². The summed E-state index contributed by atoms with van der Waals surface area (Å²) in [4.78, 5) is 11.5. The second kappa shape index (κ2) is 28.6. The Labute approximate surface area is 212 Å². The molecule has 0 aliphatic heterocycles. The highest BCUT2D eigenvalue weighted by Gasteiger charge is 2.07. The predicted molar refractivity (Wildman–Crippen MR) is 145 cm³/mol. The third-order valence-corrected chi connectivity index (χ3v) is 6.88. The molecule has 0 aromatic rings. The van der Waals surface area contributed by atoms with Crippen LogP contribution in [0.1, 0.15) is 167 Å². The van der Waals surface area contributed by atoms with E-state index in [9.17, 15) is 4.79 Å². The third kappa shape index (κ3) is 27.6. The molecule has 0 fully saturated rings. The van der Waals surface area contributed by atoms with Crippen LogP contribution in [-0.2, 0) is 9.53 Å². The third-order valence-electron chi connectivity index (χ3n) is 6.88. The maximum Gasteiger partial charge on any atom is 0.305 e. The van der Waals surface area contributed by atoms with Gasteiger partial charge in [0.2, 0.25) is 0 Å². The van der Waals surface area contributed by atoms with Crippen LogP contribution in [-0.4, -0.2) is 35.5 Å². The van der Waals surface area contributed by atoms with Crippen LogP contribution in [0.3, 0.4) is 0 Å². The summed E-state index contributed by atoms with van der Waals surface area (Å²) < 4.78 is 4.90. The van der Waals surface area contributed by atoms with Crippen LogP contribution in [0.25, 0.3) is 0 Å². The molecule has 0 bridgehead atoms. The number of ether oxygens (including phenoxy) is 1. The molecule has 0 amide bonds. The molecule has 0 heterocycles. The Morgan fingerprint density at radius 1 is 0.559 bits per heavy atom. The Balaban J connectivity index is 3.09. The van der Waals surface area contributed by atoms with E-state index >= 15 is 0 Å². The van der Waals surface area contributed by atoms with Gasteiger partial charge in [-0.05, 0) is 6.42 Å². The van der Waals surface area contributed by atoms with Gasteiger partial charge in [0.15, 0.2) is 0 Å². The van der Waals surface area contributed by atoms with Crippen molar-refractivity contribution >= 4 is 5.97 Å². The van der Waals surface area contributed by atoms with Crippen molar-refractivity contribution in [3.8, 4) is 0 Å². The average Bonchev–Trinajstić information content (AvgIpc) is 2.85. The SMILES string of the molecule is CCCCCCCCCCCCCCCCCCCCCCCCCCC(=O)OC[C@@H](O)CO. The summed E-state index contributed by atoms with van der Waals surface area (Å²) in [6.07, 6.45) is 32.3. The highest BCUT2D eigenvalue weighted by molar-refractivity contribution is 5.69. The summed E-state index contributed by atoms with van der Waals surface area (Å²) in [6.45, 7) is 1.82. The molecule has 4 heteroatoms. The molecule has 0 saturated heterocycles. The second-order valence-corrected chi connectivity index (χ2v) is 10.4. The van der Waals surface area contributed by atoms with E-state index in [2.05, 4.69) is 6.92 Å². The first kappa shape index (κ1) is 33.4. The van der Waals surface area contributed by atoms with E-state index in [1.807, 2.05) is 0 Å². The molecule has 0 saturated carbocycles. The first-order valence-corrected chi connectivity index (χ1v) is 15.1. The van der Waals surface area contributed by atoms with Gasteiger partial charge in [0.25, 0.3) is 0 Å². The number of carbonyl (C=O) groups excluding carboxylic acids is 1. The number of aliphatic hydroxyl groups excluding tert-OH is 2. The molecular weight excluding hydrogens is 424 g/mol. The number of hydrogen-bond donors (Lipinski definition) is 2. The van der Waals surface area contributed by atoms with E-state index in [0.29, 0.717) is 6.42 Å². The zero-order chi connectivity index (χ0) is 25.0. The van der Waals surface area contributed by atoms with Gasteiger partial charge < -0.3 is 14.9 Å². The minimum Gasteiger partial charge on any atom is -0.463 e. The molecule has 0 unspecified atom stereocenters. The Morgan fingerprint density at radius 3 is 1.15 bits per heavy atom. The fourth-order valence-electron chi connectivity index (χ4n) is 4.55. The molecule has 0 aromatic heterocycles. The predicted octanol–water partition coefficient (Wildman–Crippen LogP) is 8.66. The van der Waals surface area contributed by atoms with Crippen LogP contribution in [0.15, 0.2) is 0 Å². The van der Waals surface area contributed by atoms with Gasteiger partial charge in [-0.25, -0.2) is 0 Å². The highest BCUT2D eigenvalue weighted by atomic mass is 16.5. The van der Waals surface area contributed by atoms with E-state index in [1.165, 1.54) is 141 Å². The standard InChI is InChI=1S/C30H60O4/c1-2-3-4-5-6-7-8-9-10-11-12-13-14-15-16-17-18-19-20-21-22-23-24-25-26-30(33)34-28-29(32)27-31/h29,31-32H,2-28H2,1H3/t29-/m0/s1. The van der Waals surface area contributed by atoms with Crippen molar-refractivity contribution in [3.63, 3.8) is 0 Å². The van der Waals surface area contributed by atoms with Gasteiger partial charge in [-0.1, -0.05) is 155 Å². The van der Waals surface area contributed by atoms with Gasteiger partial charge >= 0.3 is 5.97 Å². The Bertz CT molecular complexity index is 399. The fourth-order valence-corrected chi connectivity index (χ4v) is 4.55. The summed E-state index contributed by atoms with van der Waals surface area (Å²) in [6, 6.07) is 0. The summed E-state index contributed by atoms with van der Waals surface area (Å²) in [5.41, 5.74) is 0. The van der Waals surface area contributed by atoms with Gasteiger partial charge in [-0.3, -0.25) is 4.79 Å². The number of hydrogen-bond acceptors (Lipinski definition) is 4. The van der Waals surface area contributed by atoms with Gasteiger partial charge in [-0.15, -0.1) is 0 Å². The van der Waals surface area contributed by atoms with Crippen LogP contribution >= 0.6 is 0 Å². The Hall–Kier alpha value is -0.610. The number of aliphatic hydroxyl groups is 2. The molecule has 0 rings (SSSR count). The maximum atomic E-state index is 11.5. The quantitative estimate of drug-likeness (QED) is 0.0861. The lowest BCUT2D eigenvalue weighted by atomic mass is 10.0. The highest BCUT2D eigenvalue weighted by Crippen LogP contribution is 2.15. The van der Waals surface area contributed by atoms with Crippen LogP contribution in [0, 0.1) is 0 Å². The second-order valence-electron chi connectivity index (χ2n) is 10.4. The zero-order valence-electron chi connectivity index (χ0n) is 22.9. The van der Waals surface area contributed by atoms with E-state index < -0.39 is 6.10 Å². The number of unbranched alkanes of at least 4 members (excludes halogenated alkanes) is 23. The number of carbonyl (C=O) groups is 1. The normalized spacial score (nSPS) is 12.2. The topological polar surface area (TPSA) is 66.8 Å². The Morgan fingerprint density at radius 2 is 0.853 bits per heavy atom. The molecule has 1 atom stereocenters. The lowest BCUT2D eigenvalue weighted by Gasteiger charge is -2.08. The van der Waals surface area contributed by atoms with Crippen molar-refractivity contribution in [2.75, 3.05) is 13.2 Å². The molecule has 0 aromatic carbocycles. The van der Waals surface area contributed by atoms with Crippen molar-refractivity contribution in [1.82, 2.24) is 0 Å². The minimum absolute atomic E-state index is 0.102. The monoisotopic (exact) mass is 484 g/mol. The molecule has 0 aliphatic carbocycles. The van der Waals surface area contributed by atoms with E-state index in [-0.39, 0.29) is 19.2 Å². The zero-order valence-corrected chi connectivity index (χ0v) is 22.9.